The summed E-state index contributed by atoms with van der Waals surface area (Å²) in [5.74, 6) is -1.43. The molecule has 0 unspecified atom stereocenters. The summed E-state index contributed by atoms with van der Waals surface area (Å²) in [6, 6.07) is 9.98. The van der Waals surface area contributed by atoms with Crippen LogP contribution in [0.15, 0.2) is 59.6 Å². The van der Waals surface area contributed by atoms with Gasteiger partial charge in [0, 0.05) is 35.0 Å². The summed E-state index contributed by atoms with van der Waals surface area (Å²) in [7, 11) is -4.17. The van der Waals surface area contributed by atoms with Gasteiger partial charge in [-0.15, -0.1) is 3.82 Å². The third-order valence-corrected chi connectivity index (χ3v) is 6.00. The number of benzene rings is 2. The van der Waals surface area contributed by atoms with Crippen molar-refractivity contribution < 1.29 is 17.6 Å². The van der Waals surface area contributed by atoms with Crippen molar-refractivity contribution in [1.82, 2.24) is 8.81 Å². The van der Waals surface area contributed by atoms with Crippen molar-refractivity contribution in [3.63, 3.8) is 0 Å². The average Bonchev–Trinajstić information content (AvgIpc) is 3.00. The molecule has 8 heteroatoms. The normalized spacial score (nSPS) is 12.0. The molecule has 0 atom stereocenters. The molecule has 0 spiro atoms. The Balaban J connectivity index is 1.91. The highest BCUT2D eigenvalue weighted by molar-refractivity contribution is 7.90. The van der Waals surface area contributed by atoms with Crippen LogP contribution >= 0.6 is 11.8 Å². The third-order valence-electron chi connectivity index (χ3n) is 3.82. The second-order valence-corrected chi connectivity index (χ2v) is 7.92. The monoisotopic (exact) mass is 392 g/mol. The van der Waals surface area contributed by atoms with Crippen molar-refractivity contribution >= 4 is 44.7 Å². The van der Waals surface area contributed by atoms with Gasteiger partial charge >= 0.3 is 0 Å². The van der Waals surface area contributed by atoms with Crippen LogP contribution in [0, 0.1) is 12.7 Å². The standard InChI is InChI=1S/C18H14ClFN2O3S/c1-12-11-21-18-13(9-14(20)10-16(12)18)7-8-17(23)22(19)26(24,25)15-5-3-2-4-6-15/h2-11,21H,1H3/b8-7+. The zero-order chi connectivity index (χ0) is 18.9. The van der Waals surface area contributed by atoms with E-state index in [1.165, 1.54) is 42.5 Å². The molecule has 0 bridgehead atoms. The SMILES string of the molecule is Cc1c[nH]c2c(/C=C/C(=O)N(Cl)S(=O)(=O)c3ccccc3)cc(F)cc12. The predicted octanol–water partition coefficient (Wildman–Crippen LogP) is 4.00. The number of amides is 1. The van der Waals surface area contributed by atoms with E-state index in [4.69, 9.17) is 11.8 Å². The van der Waals surface area contributed by atoms with E-state index in [9.17, 15) is 17.6 Å². The zero-order valence-electron chi connectivity index (χ0n) is 13.6. The molecule has 0 aliphatic carbocycles. The lowest BCUT2D eigenvalue weighted by Crippen LogP contribution is -2.27. The summed E-state index contributed by atoms with van der Waals surface area (Å²) in [5, 5.41) is 0.678. The Kier molecular flexibility index (Phi) is 4.84. The van der Waals surface area contributed by atoms with Crippen LogP contribution in [0.4, 0.5) is 4.39 Å². The Hall–Kier alpha value is -2.64. The number of sulfonamides is 1. The molecule has 1 aromatic heterocycles. The molecule has 1 amide bonds. The molecule has 0 saturated heterocycles. The second-order valence-electron chi connectivity index (χ2n) is 5.59. The fourth-order valence-corrected chi connectivity index (χ4v) is 3.79. The summed E-state index contributed by atoms with van der Waals surface area (Å²) in [4.78, 5) is 15.1. The van der Waals surface area contributed by atoms with Gasteiger partial charge in [0.2, 0.25) is 0 Å². The molecule has 134 valence electrons. The number of carbonyl (C=O) groups is 1. The number of hydrogen-bond donors (Lipinski definition) is 1. The second kappa shape index (κ2) is 6.93. The summed E-state index contributed by atoms with van der Waals surface area (Å²) in [5.41, 5.74) is 1.90. The number of aryl methyl sites for hydroxylation is 1. The molecule has 0 fully saturated rings. The van der Waals surface area contributed by atoms with Gasteiger partial charge in [-0.25, -0.2) is 4.39 Å². The van der Waals surface area contributed by atoms with Crippen LogP contribution < -0.4 is 0 Å². The number of nitrogens with zero attached hydrogens (tertiary/aromatic N) is 1. The number of nitrogens with one attached hydrogen (secondary N) is 1. The van der Waals surface area contributed by atoms with Gasteiger partial charge in [-0.3, -0.25) is 4.79 Å². The van der Waals surface area contributed by atoms with Crippen LogP contribution in [0.3, 0.4) is 0 Å². The Labute approximate surface area is 154 Å². The van der Waals surface area contributed by atoms with Gasteiger partial charge in [0.25, 0.3) is 15.9 Å². The first kappa shape index (κ1) is 18.2. The van der Waals surface area contributed by atoms with Crippen LogP contribution in [0.2, 0.25) is 0 Å². The number of halogens is 2. The van der Waals surface area contributed by atoms with Crippen LogP contribution in [0.5, 0.6) is 0 Å². The van der Waals surface area contributed by atoms with E-state index in [-0.39, 0.29) is 8.72 Å². The van der Waals surface area contributed by atoms with Crippen LogP contribution in [-0.2, 0) is 14.8 Å². The van der Waals surface area contributed by atoms with E-state index in [0.29, 0.717) is 16.5 Å². The minimum Gasteiger partial charge on any atom is -0.360 e. The summed E-state index contributed by atoms with van der Waals surface area (Å²) < 4.78 is 38.6. The first-order valence-corrected chi connectivity index (χ1v) is 9.34. The van der Waals surface area contributed by atoms with Gasteiger partial charge < -0.3 is 4.98 Å². The third kappa shape index (κ3) is 3.36. The number of H-pyrrole nitrogens is 1. The quantitative estimate of drug-likeness (QED) is 0.539. The van der Waals surface area contributed by atoms with Crippen LogP contribution in [-0.4, -0.2) is 23.1 Å². The Bertz CT molecular complexity index is 1110. The maximum Gasteiger partial charge on any atom is 0.280 e. The lowest BCUT2D eigenvalue weighted by molar-refractivity contribution is -0.118. The zero-order valence-corrected chi connectivity index (χ0v) is 15.2. The van der Waals surface area contributed by atoms with Crippen LogP contribution in [0.1, 0.15) is 11.1 Å². The lowest BCUT2D eigenvalue weighted by Gasteiger charge is -2.12. The molecular formula is C18H14ClFN2O3S. The molecule has 3 rings (SSSR count). The summed E-state index contributed by atoms with van der Waals surface area (Å²) in [6.45, 7) is 1.82. The maximum atomic E-state index is 13.8. The first-order chi connectivity index (χ1) is 12.3. The van der Waals surface area contributed by atoms with Crippen molar-refractivity contribution in [2.75, 3.05) is 0 Å². The fraction of sp³-hybridized carbons (Fsp3) is 0.0556. The Morgan fingerprint density at radius 1 is 1.23 bits per heavy atom. The molecule has 0 radical (unpaired) electrons. The van der Waals surface area contributed by atoms with Gasteiger partial charge in [-0.05, 0) is 42.8 Å². The first-order valence-electron chi connectivity index (χ1n) is 7.56. The number of hydrogen-bond acceptors (Lipinski definition) is 3. The molecular weight excluding hydrogens is 379 g/mol. The number of fused-ring (bicyclic) bond motifs is 1. The summed E-state index contributed by atoms with van der Waals surface area (Å²) >= 11 is 5.74. The van der Waals surface area contributed by atoms with E-state index < -0.39 is 21.7 Å². The lowest BCUT2D eigenvalue weighted by atomic mass is 10.1. The van der Waals surface area contributed by atoms with E-state index in [1.807, 2.05) is 6.92 Å². The Morgan fingerprint density at radius 3 is 2.62 bits per heavy atom. The molecule has 0 aliphatic heterocycles. The van der Waals surface area contributed by atoms with E-state index >= 15 is 0 Å². The smallest absolute Gasteiger partial charge is 0.280 e. The average molecular weight is 393 g/mol. The highest BCUT2D eigenvalue weighted by Gasteiger charge is 2.26. The molecule has 0 saturated carbocycles. The van der Waals surface area contributed by atoms with Gasteiger partial charge in [-0.1, -0.05) is 18.2 Å². The molecule has 1 N–H and O–H groups in total. The summed E-state index contributed by atoms with van der Waals surface area (Å²) in [6.07, 6.45) is 4.02. The minimum atomic E-state index is -4.17. The molecule has 26 heavy (non-hydrogen) atoms. The van der Waals surface area contributed by atoms with Crippen molar-refractivity contribution in [3.05, 3.63) is 71.7 Å². The van der Waals surface area contributed by atoms with Gasteiger partial charge in [0.1, 0.15) is 5.82 Å². The fourth-order valence-electron chi connectivity index (χ4n) is 2.51. The minimum absolute atomic E-state index is 0.107. The predicted molar refractivity (Wildman–Crippen MR) is 98.4 cm³/mol. The van der Waals surface area contributed by atoms with E-state index in [2.05, 4.69) is 4.98 Å². The molecule has 1 heterocycles. The van der Waals surface area contributed by atoms with E-state index in [1.54, 1.807) is 12.3 Å². The largest absolute Gasteiger partial charge is 0.360 e. The highest BCUT2D eigenvalue weighted by Crippen LogP contribution is 2.24. The van der Waals surface area contributed by atoms with Crippen molar-refractivity contribution in [2.45, 2.75) is 11.8 Å². The van der Waals surface area contributed by atoms with Crippen molar-refractivity contribution in [2.24, 2.45) is 0 Å². The topological polar surface area (TPSA) is 70.2 Å². The maximum absolute atomic E-state index is 13.8. The van der Waals surface area contributed by atoms with Gasteiger partial charge in [0.05, 0.1) is 10.4 Å². The van der Waals surface area contributed by atoms with Crippen molar-refractivity contribution in [3.8, 4) is 0 Å². The van der Waals surface area contributed by atoms with E-state index in [0.717, 1.165) is 11.6 Å². The van der Waals surface area contributed by atoms with Gasteiger partial charge in [0.15, 0.2) is 0 Å². The number of rotatable bonds is 4. The molecule has 2 aromatic carbocycles. The van der Waals surface area contributed by atoms with Gasteiger partial charge in [-0.2, -0.15) is 8.42 Å². The molecule has 3 aromatic rings. The Morgan fingerprint density at radius 2 is 1.92 bits per heavy atom. The number of aromatic amines is 1. The number of carbonyl (C=O) groups excluding carboxylic acids is 1. The molecule has 5 nitrogen and oxygen atoms in total. The van der Waals surface area contributed by atoms with Crippen LogP contribution in [0.25, 0.3) is 17.0 Å². The molecule has 0 aliphatic rings. The number of aromatic nitrogens is 1. The van der Waals surface area contributed by atoms with Crippen molar-refractivity contribution in [1.29, 1.82) is 0 Å². The highest BCUT2D eigenvalue weighted by atomic mass is 35.5.